The second kappa shape index (κ2) is 6.07. The average Bonchev–Trinajstić information content (AvgIpc) is 2.73. The molecule has 4 nitrogen and oxygen atoms in total. The lowest BCUT2D eigenvalue weighted by molar-refractivity contribution is 0.177. The van der Waals surface area contributed by atoms with Gasteiger partial charge in [-0.2, -0.15) is 0 Å². The van der Waals surface area contributed by atoms with E-state index in [0.717, 1.165) is 19.3 Å². The maximum absolute atomic E-state index is 11.6. The van der Waals surface area contributed by atoms with Crippen molar-refractivity contribution in [1.29, 1.82) is 0 Å². The van der Waals surface area contributed by atoms with Crippen LogP contribution in [0.4, 0.5) is 10.5 Å². The molecule has 2 unspecified atom stereocenters. The van der Waals surface area contributed by atoms with Crippen molar-refractivity contribution in [3.05, 3.63) is 29.3 Å². The second-order valence-corrected chi connectivity index (χ2v) is 5.11. The number of urea groups is 1. The van der Waals surface area contributed by atoms with E-state index in [1.807, 2.05) is 0 Å². The predicted molar refractivity (Wildman–Crippen MR) is 71.8 cm³/mol. The van der Waals surface area contributed by atoms with Gasteiger partial charge in [-0.1, -0.05) is 17.7 Å². The van der Waals surface area contributed by atoms with Crippen molar-refractivity contribution in [2.24, 2.45) is 5.92 Å². The number of rotatable bonds is 3. The number of carbonyl (C=O) groups is 1. The third-order valence-electron chi connectivity index (χ3n) is 3.15. The Morgan fingerprint density at radius 2 is 2.28 bits per heavy atom. The molecule has 3 N–H and O–H groups in total. The molecule has 2 rings (SSSR count). The minimum absolute atomic E-state index is 0.201. The number of benzene rings is 1. The van der Waals surface area contributed by atoms with Crippen LogP contribution in [0.2, 0.25) is 5.02 Å². The first kappa shape index (κ1) is 13.2. The Labute approximate surface area is 111 Å². The monoisotopic (exact) mass is 268 g/mol. The molecule has 1 aliphatic carbocycles. The van der Waals surface area contributed by atoms with Crippen molar-refractivity contribution in [3.8, 4) is 0 Å². The quantitative estimate of drug-likeness (QED) is 0.789. The second-order valence-electron chi connectivity index (χ2n) is 4.68. The van der Waals surface area contributed by atoms with Crippen molar-refractivity contribution in [2.45, 2.75) is 25.4 Å². The Hall–Kier alpha value is -1.26. The van der Waals surface area contributed by atoms with Gasteiger partial charge in [0.2, 0.25) is 0 Å². The highest BCUT2D eigenvalue weighted by Crippen LogP contribution is 2.24. The van der Waals surface area contributed by atoms with Crippen LogP contribution in [0.25, 0.3) is 0 Å². The Morgan fingerprint density at radius 1 is 1.44 bits per heavy atom. The molecule has 0 heterocycles. The van der Waals surface area contributed by atoms with Crippen LogP contribution in [0, 0.1) is 5.92 Å². The van der Waals surface area contributed by atoms with E-state index in [1.165, 1.54) is 0 Å². The number of aliphatic hydroxyl groups is 1. The fourth-order valence-electron chi connectivity index (χ4n) is 2.21. The lowest BCUT2D eigenvalue weighted by Gasteiger charge is -2.12. The van der Waals surface area contributed by atoms with Crippen molar-refractivity contribution in [1.82, 2.24) is 5.32 Å². The van der Waals surface area contributed by atoms with E-state index in [2.05, 4.69) is 10.6 Å². The summed E-state index contributed by atoms with van der Waals surface area (Å²) in [5, 5.41) is 15.5. The van der Waals surface area contributed by atoms with E-state index in [-0.39, 0.29) is 12.1 Å². The van der Waals surface area contributed by atoms with Gasteiger partial charge in [0.1, 0.15) is 0 Å². The molecule has 0 aliphatic heterocycles. The molecule has 98 valence electrons. The van der Waals surface area contributed by atoms with E-state index in [4.69, 9.17) is 11.6 Å². The Balaban J connectivity index is 1.75. The fraction of sp³-hybridized carbons (Fsp3) is 0.462. The summed E-state index contributed by atoms with van der Waals surface area (Å²) in [6.07, 6.45) is 2.38. The molecule has 18 heavy (non-hydrogen) atoms. The van der Waals surface area contributed by atoms with Crippen LogP contribution < -0.4 is 10.6 Å². The molecule has 1 fully saturated rings. The van der Waals surface area contributed by atoms with Gasteiger partial charge in [-0.05, 0) is 43.4 Å². The largest absolute Gasteiger partial charge is 0.393 e. The number of hydrogen-bond acceptors (Lipinski definition) is 2. The molecule has 2 atom stereocenters. The van der Waals surface area contributed by atoms with Gasteiger partial charge in [0.15, 0.2) is 0 Å². The van der Waals surface area contributed by atoms with E-state index < -0.39 is 0 Å². The van der Waals surface area contributed by atoms with Crippen LogP contribution in [0.5, 0.6) is 0 Å². The number of hydrogen-bond donors (Lipinski definition) is 3. The minimum atomic E-state index is -0.237. The fourth-order valence-corrected chi connectivity index (χ4v) is 2.40. The van der Waals surface area contributed by atoms with E-state index in [0.29, 0.717) is 23.2 Å². The zero-order chi connectivity index (χ0) is 13.0. The van der Waals surface area contributed by atoms with Gasteiger partial charge in [0.25, 0.3) is 0 Å². The summed E-state index contributed by atoms with van der Waals surface area (Å²) in [4.78, 5) is 11.6. The summed E-state index contributed by atoms with van der Waals surface area (Å²) in [5.74, 6) is 0.380. The summed E-state index contributed by atoms with van der Waals surface area (Å²) in [7, 11) is 0. The summed E-state index contributed by atoms with van der Waals surface area (Å²) in [5.41, 5.74) is 0.673. The smallest absolute Gasteiger partial charge is 0.319 e. The molecule has 1 aromatic carbocycles. The average molecular weight is 269 g/mol. The predicted octanol–water partition coefficient (Wildman–Crippen LogP) is 2.62. The van der Waals surface area contributed by atoms with Crippen LogP contribution >= 0.6 is 11.6 Å². The van der Waals surface area contributed by atoms with Crippen LogP contribution in [-0.4, -0.2) is 23.8 Å². The first-order chi connectivity index (χ1) is 8.63. The topological polar surface area (TPSA) is 61.4 Å². The number of halogens is 1. The van der Waals surface area contributed by atoms with E-state index >= 15 is 0 Å². The van der Waals surface area contributed by atoms with Gasteiger partial charge in [-0.3, -0.25) is 0 Å². The highest BCUT2D eigenvalue weighted by molar-refractivity contribution is 6.30. The Morgan fingerprint density at radius 3 is 2.94 bits per heavy atom. The molecule has 0 radical (unpaired) electrons. The standard InChI is InChI=1S/C13H17ClN2O2/c14-10-2-1-3-11(7-10)16-13(18)15-8-9-4-5-12(17)6-9/h1-3,7,9,12,17H,4-6,8H2,(H2,15,16,18). The minimum Gasteiger partial charge on any atom is -0.393 e. The molecule has 1 aliphatic rings. The van der Waals surface area contributed by atoms with Crippen molar-refractivity contribution in [3.63, 3.8) is 0 Å². The molecular weight excluding hydrogens is 252 g/mol. The maximum Gasteiger partial charge on any atom is 0.319 e. The number of carbonyl (C=O) groups excluding carboxylic acids is 1. The van der Waals surface area contributed by atoms with Gasteiger partial charge in [0, 0.05) is 17.3 Å². The molecule has 0 bridgehead atoms. The van der Waals surface area contributed by atoms with Gasteiger partial charge in [-0.15, -0.1) is 0 Å². The third kappa shape index (κ3) is 3.89. The first-order valence-electron chi connectivity index (χ1n) is 6.12. The van der Waals surface area contributed by atoms with Crippen LogP contribution in [0.3, 0.4) is 0 Å². The molecule has 2 amide bonds. The highest BCUT2D eigenvalue weighted by atomic mass is 35.5. The normalized spacial score (nSPS) is 22.8. The summed E-state index contributed by atoms with van der Waals surface area (Å²) < 4.78 is 0. The lowest BCUT2D eigenvalue weighted by Crippen LogP contribution is -2.32. The molecule has 1 aromatic rings. The Kier molecular flexibility index (Phi) is 4.44. The maximum atomic E-state index is 11.6. The van der Waals surface area contributed by atoms with Gasteiger partial charge in [-0.25, -0.2) is 4.79 Å². The SMILES string of the molecule is O=C(NCC1CCC(O)C1)Nc1cccc(Cl)c1. The summed E-state index contributed by atoms with van der Waals surface area (Å²) >= 11 is 5.83. The summed E-state index contributed by atoms with van der Waals surface area (Å²) in [6, 6.07) is 6.78. The Bertz CT molecular complexity index is 425. The van der Waals surface area contributed by atoms with E-state index in [9.17, 15) is 9.90 Å². The third-order valence-corrected chi connectivity index (χ3v) is 3.38. The van der Waals surface area contributed by atoms with Crippen molar-refractivity contribution >= 4 is 23.3 Å². The first-order valence-corrected chi connectivity index (χ1v) is 6.50. The molecular formula is C13H17ClN2O2. The van der Waals surface area contributed by atoms with Crippen LogP contribution in [0.1, 0.15) is 19.3 Å². The molecule has 5 heteroatoms. The number of nitrogens with one attached hydrogen (secondary N) is 2. The van der Waals surface area contributed by atoms with E-state index in [1.54, 1.807) is 24.3 Å². The zero-order valence-electron chi connectivity index (χ0n) is 10.0. The van der Waals surface area contributed by atoms with Crippen molar-refractivity contribution < 1.29 is 9.90 Å². The number of anilines is 1. The number of amides is 2. The van der Waals surface area contributed by atoms with Crippen LogP contribution in [0.15, 0.2) is 24.3 Å². The van der Waals surface area contributed by atoms with Gasteiger partial charge in [0.05, 0.1) is 6.10 Å². The lowest BCUT2D eigenvalue weighted by atomic mass is 10.1. The summed E-state index contributed by atoms with van der Waals surface area (Å²) in [6.45, 7) is 0.601. The van der Waals surface area contributed by atoms with Crippen molar-refractivity contribution in [2.75, 3.05) is 11.9 Å². The molecule has 0 spiro atoms. The van der Waals surface area contributed by atoms with Crippen LogP contribution in [-0.2, 0) is 0 Å². The van der Waals surface area contributed by atoms with Gasteiger partial charge < -0.3 is 15.7 Å². The molecule has 0 aromatic heterocycles. The van der Waals surface area contributed by atoms with Gasteiger partial charge >= 0.3 is 6.03 Å². The number of aliphatic hydroxyl groups excluding tert-OH is 1. The molecule has 1 saturated carbocycles. The highest BCUT2D eigenvalue weighted by Gasteiger charge is 2.22. The zero-order valence-corrected chi connectivity index (χ0v) is 10.8. The molecule has 0 saturated heterocycles.